The molecule has 2 N–H and O–H groups in total. The second kappa shape index (κ2) is 6.03. The molecule has 0 spiro atoms. The number of carbonyl (C=O) groups excluding carboxylic acids is 1. The highest BCUT2D eigenvalue weighted by Gasteiger charge is 2.15. The van der Waals surface area contributed by atoms with E-state index in [1.807, 2.05) is 0 Å². The molecule has 1 heterocycles. The first-order chi connectivity index (χ1) is 8.02. The van der Waals surface area contributed by atoms with Crippen LogP contribution in [0.25, 0.3) is 0 Å². The van der Waals surface area contributed by atoms with Crippen molar-refractivity contribution < 1.29 is 14.7 Å². The second-order valence-electron chi connectivity index (χ2n) is 3.98. The van der Waals surface area contributed by atoms with Gasteiger partial charge >= 0.3 is 5.97 Å². The summed E-state index contributed by atoms with van der Waals surface area (Å²) in [6.45, 7) is 3.71. The van der Waals surface area contributed by atoms with Crippen LogP contribution in [0.1, 0.15) is 26.3 Å². The summed E-state index contributed by atoms with van der Waals surface area (Å²) in [6.07, 6.45) is 3.74. The van der Waals surface area contributed by atoms with Gasteiger partial charge < -0.3 is 10.4 Å². The van der Waals surface area contributed by atoms with Gasteiger partial charge in [-0.15, -0.1) is 0 Å². The summed E-state index contributed by atoms with van der Waals surface area (Å²) in [5.41, 5.74) is 0. The van der Waals surface area contributed by atoms with Crippen molar-refractivity contribution in [3.63, 3.8) is 0 Å². The SMILES string of the molecule is CC(CCNC(=O)C(C)n1cccn1)C(=O)O. The van der Waals surface area contributed by atoms with Crippen LogP contribution in [0.15, 0.2) is 18.5 Å². The van der Waals surface area contributed by atoms with Crippen molar-refractivity contribution in [1.29, 1.82) is 0 Å². The maximum Gasteiger partial charge on any atom is 0.306 e. The number of nitrogens with zero attached hydrogens (tertiary/aromatic N) is 2. The molecule has 0 aliphatic heterocycles. The molecule has 1 aromatic heterocycles. The van der Waals surface area contributed by atoms with E-state index >= 15 is 0 Å². The number of amides is 1. The Morgan fingerprint density at radius 1 is 1.47 bits per heavy atom. The number of carbonyl (C=O) groups is 2. The van der Waals surface area contributed by atoms with E-state index in [4.69, 9.17) is 5.11 Å². The maximum absolute atomic E-state index is 11.7. The van der Waals surface area contributed by atoms with Crippen LogP contribution in [0.5, 0.6) is 0 Å². The topological polar surface area (TPSA) is 84.2 Å². The average Bonchev–Trinajstić information content (AvgIpc) is 2.80. The fraction of sp³-hybridized carbons (Fsp3) is 0.545. The van der Waals surface area contributed by atoms with E-state index < -0.39 is 11.9 Å². The van der Waals surface area contributed by atoms with E-state index in [2.05, 4.69) is 10.4 Å². The van der Waals surface area contributed by atoms with Gasteiger partial charge in [0.2, 0.25) is 5.91 Å². The Morgan fingerprint density at radius 3 is 2.71 bits per heavy atom. The minimum Gasteiger partial charge on any atom is -0.481 e. The fourth-order valence-corrected chi connectivity index (χ4v) is 1.31. The zero-order chi connectivity index (χ0) is 12.8. The monoisotopic (exact) mass is 239 g/mol. The zero-order valence-corrected chi connectivity index (χ0v) is 9.96. The number of aliphatic carboxylic acids is 1. The lowest BCUT2D eigenvalue weighted by molar-refractivity contribution is -0.141. The molecule has 6 heteroatoms. The lowest BCUT2D eigenvalue weighted by atomic mass is 10.1. The summed E-state index contributed by atoms with van der Waals surface area (Å²) in [5, 5.41) is 15.3. The lowest BCUT2D eigenvalue weighted by Gasteiger charge is -2.13. The molecule has 0 saturated carbocycles. The van der Waals surface area contributed by atoms with Crippen molar-refractivity contribution in [2.75, 3.05) is 6.54 Å². The minimum absolute atomic E-state index is 0.161. The Kier molecular flexibility index (Phi) is 4.68. The van der Waals surface area contributed by atoms with Crippen molar-refractivity contribution in [1.82, 2.24) is 15.1 Å². The quantitative estimate of drug-likeness (QED) is 0.764. The van der Waals surface area contributed by atoms with Crippen LogP contribution in [0.4, 0.5) is 0 Å². The first-order valence-electron chi connectivity index (χ1n) is 5.52. The van der Waals surface area contributed by atoms with Crippen LogP contribution >= 0.6 is 0 Å². The van der Waals surface area contributed by atoms with E-state index in [9.17, 15) is 9.59 Å². The van der Waals surface area contributed by atoms with Gasteiger partial charge in [-0.05, 0) is 19.4 Å². The molecule has 2 atom stereocenters. The Labute approximate surface area is 99.6 Å². The number of nitrogens with one attached hydrogen (secondary N) is 1. The van der Waals surface area contributed by atoms with Gasteiger partial charge in [0.1, 0.15) is 6.04 Å². The Morgan fingerprint density at radius 2 is 2.18 bits per heavy atom. The standard InChI is InChI=1S/C11H17N3O3/c1-8(11(16)17)4-6-12-10(15)9(2)14-7-3-5-13-14/h3,5,7-9H,4,6H2,1-2H3,(H,12,15)(H,16,17). The molecule has 0 aliphatic carbocycles. The first kappa shape index (κ1) is 13.2. The molecule has 0 aromatic carbocycles. The van der Waals surface area contributed by atoms with Gasteiger partial charge in [0.15, 0.2) is 0 Å². The molecule has 2 unspecified atom stereocenters. The van der Waals surface area contributed by atoms with Crippen molar-refractivity contribution >= 4 is 11.9 Å². The third-order valence-electron chi connectivity index (χ3n) is 2.60. The predicted octanol–water partition coefficient (Wildman–Crippen LogP) is 0.671. The van der Waals surface area contributed by atoms with Crippen molar-refractivity contribution in [3.05, 3.63) is 18.5 Å². The van der Waals surface area contributed by atoms with Crippen molar-refractivity contribution in [2.24, 2.45) is 5.92 Å². The van der Waals surface area contributed by atoms with E-state index in [-0.39, 0.29) is 11.9 Å². The van der Waals surface area contributed by atoms with Crippen molar-refractivity contribution in [2.45, 2.75) is 26.3 Å². The number of carboxylic acid groups (broad SMARTS) is 1. The van der Waals surface area contributed by atoms with E-state index in [1.54, 1.807) is 37.0 Å². The van der Waals surface area contributed by atoms with Crippen LogP contribution in [0, 0.1) is 5.92 Å². The Hall–Kier alpha value is -1.85. The van der Waals surface area contributed by atoms with Crippen LogP contribution in [-0.4, -0.2) is 33.3 Å². The molecule has 0 aliphatic rings. The Bertz CT molecular complexity index is 375. The number of aromatic nitrogens is 2. The predicted molar refractivity (Wildman–Crippen MR) is 61.4 cm³/mol. The molecular formula is C11H17N3O3. The third-order valence-corrected chi connectivity index (χ3v) is 2.60. The number of hydrogen-bond acceptors (Lipinski definition) is 3. The summed E-state index contributed by atoms with van der Waals surface area (Å²) in [6, 6.07) is 1.36. The molecule has 1 amide bonds. The summed E-state index contributed by atoms with van der Waals surface area (Å²) in [5.74, 6) is -1.46. The molecule has 0 radical (unpaired) electrons. The molecular weight excluding hydrogens is 222 g/mol. The molecule has 0 saturated heterocycles. The maximum atomic E-state index is 11.7. The van der Waals surface area contributed by atoms with Crippen LogP contribution in [-0.2, 0) is 9.59 Å². The van der Waals surface area contributed by atoms with Gasteiger partial charge in [-0.2, -0.15) is 5.10 Å². The minimum atomic E-state index is -0.848. The van der Waals surface area contributed by atoms with Crippen LogP contribution in [0.3, 0.4) is 0 Å². The van der Waals surface area contributed by atoms with Gasteiger partial charge in [-0.1, -0.05) is 6.92 Å². The van der Waals surface area contributed by atoms with E-state index in [0.29, 0.717) is 13.0 Å². The van der Waals surface area contributed by atoms with E-state index in [0.717, 1.165) is 0 Å². The number of carboxylic acids is 1. The van der Waals surface area contributed by atoms with Gasteiger partial charge in [0.25, 0.3) is 0 Å². The summed E-state index contributed by atoms with van der Waals surface area (Å²) >= 11 is 0. The van der Waals surface area contributed by atoms with Crippen LogP contribution in [0.2, 0.25) is 0 Å². The first-order valence-corrected chi connectivity index (χ1v) is 5.52. The van der Waals surface area contributed by atoms with Crippen molar-refractivity contribution in [3.8, 4) is 0 Å². The van der Waals surface area contributed by atoms with Gasteiger partial charge in [-0.3, -0.25) is 14.3 Å². The summed E-state index contributed by atoms with van der Waals surface area (Å²) in [4.78, 5) is 22.2. The molecule has 1 rings (SSSR count). The average molecular weight is 239 g/mol. The molecule has 6 nitrogen and oxygen atoms in total. The summed E-state index contributed by atoms with van der Waals surface area (Å²) < 4.78 is 1.55. The normalized spacial score (nSPS) is 14.0. The largest absolute Gasteiger partial charge is 0.481 e. The molecule has 0 fully saturated rings. The third kappa shape index (κ3) is 3.90. The van der Waals surface area contributed by atoms with Gasteiger partial charge in [-0.25, -0.2) is 0 Å². The van der Waals surface area contributed by atoms with Crippen LogP contribution < -0.4 is 5.32 Å². The lowest BCUT2D eigenvalue weighted by Crippen LogP contribution is -2.33. The highest BCUT2D eigenvalue weighted by molar-refractivity contribution is 5.79. The molecule has 94 valence electrons. The number of rotatable bonds is 6. The molecule has 0 bridgehead atoms. The zero-order valence-electron chi connectivity index (χ0n) is 9.96. The molecule has 1 aromatic rings. The van der Waals surface area contributed by atoms with Gasteiger partial charge in [0.05, 0.1) is 5.92 Å². The highest BCUT2D eigenvalue weighted by Crippen LogP contribution is 2.04. The smallest absolute Gasteiger partial charge is 0.306 e. The fourth-order valence-electron chi connectivity index (χ4n) is 1.31. The van der Waals surface area contributed by atoms with Gasteiger partial charge in [0, 0.05) is 18.9 Å². The second-order valence-corrected chi connectivity index (χ2v) is 3.98. The molecule has 17 heavy (non-hydrogen) atoms. The Balaban J connectivity index is 2.33. The summed E-state index contributed by atoms with van der Waals surface area (Å²) in [7, 11) is 0. The number of hydrogen-bond donors (Lipinski definition) is 2. The van der Waals surface area contributed by atoms with E-state index in [1.165, 1.54) is 0 Å². The highest BCUT2D eigenvalue weighted by atomic mass is 16.4.